The van der Waals surface area contributed by atoms with Crippen LogP contribution in [0.3, 0.4) is 0 Å². The van der Waals surface area contributed by atoms with Gasteiger partial charge in [-0.25, -0.2) is 8.42 Å². The van der Waals surface area contributed by atoms with Crippen LogP contribution in [0.15, 0.2) is 58.3 Å². The van der Waals surface area contributed by atoms with Crippen LogP contribution in [0.5, 0.6) is 5.75 Å². The molecule has 0 radical (unpaired) electrons. The predicted octanol–water partition coefficient (Wildman–Crippen LogP) is 2.56. The second-order valence-electron chi connectivity index (χ2n) is 8.18. The first-order valence-electron chi connectivity index (χ1n) is 11.7. The van der Waals surface area contributed by atoms with Crippen molar-refractivity contribution in [1.82, 2.24) is 4.90 Å². The van der Waals surface area contributed by atoms with E-state index in [1.807, 2.05) is 6.92 Å². The van der Waals surface area contributed by atoms with Gasteiger partial charge in [0, 0.05) is 6.04 Å². The number of carboxylic acids is 1. The van der Waals surface area contributed by atoms with E-state index in [0.29, 0.717) is 18.8 Å². The largest absolute Gasteiger partial charge is 1.00 e. The van der Waals surface area contributed by atoms with Gasteiger partial charge in [-0.05, 0) is 42.8 Å². The third-order valence-electron chi connectivity index (χ3n) is 5.81. The molecule has 188 valence electrons. The summed E-state index contributed by atoms with van der Waals surface area (Å²) in [5.41, 5.74) is 0.983. The summed E-state index contributed by atoms with van der Waals surface area (Å²) in [4.78, 5) is 12.9. The zero-order valence-corrected chi connectivity index (χ0v) is 21.8. The van der Waals surface area contributed by atoms with E-state index in [1.54, 1.807) is 36.4 Å². The summed E-state index contributed by atoms with van der Waals surface area (Å²) in [5, 5.41) is 8.67. The van der Waals surface area contributed by atoms with Crippen LogP contribution in [0.4, 0.5) is 0 Å². The maximum atomic E-state index is 12.9. The van der Waals surface area contributed by atoms with Gasteiger partial charge >= 0.3 is 24.8 Å². The van der Waals surface area contributed by atoms with Crippen LogP contribution < -0.4 is 23.6 Å². The molecule has 1 saturated carbocycles. The van der Waals surface area contributed by atoms with E-state index in [0.717, 1.165) is 5.56 Å². The van der Waals surface area contributed by atoms with Crippen molar-refractivity contribution in [3.63, 3.8) is 0 Å². The second kappa shape index (κ2) is 16.1. The molecule has 2 aromatic carbocycles. The molecule has 2 aromatic rings. The van der Waals surface area contributed by atoms with E-state index in [2.05, 4.69) is 25.2 Å². The summed E-state index contributed by atoms with van der Waals surface area (Å²) in [6, 6.07) is 12.9. The Morgan fingerprint density at radius 2 is 1.69 bits per heavy atom. The molecule has 35 heavy (non-hydrogen) atoms. The Balaban J connectivity index is 0.000000761. The Hall–Kier alpha value is -1.78. The zero-order valence-electron chi connectivity index (χ0n) is 21.0. The molecule has 0 amide bonds. The first kappa shape index (κ1) is 31.2. The molecular formula is C27H36LiNO5S-2. The van der Waals surface area contributed by atoms with Crippen molar-refractivity contribution in [3.8, 4) is 5.75 Å². The van der Waals surface area contributed by atoms with Crippen molar-refractivity contribution in [2.75, 3.05) is 19.7 Å². The number of rotatable bonds is 10. The van der Waals surface area contributed by atoms with Crippen molar-refractivity contribution < 1.29 is 41.9 Å². The number of benzene rings is 2. The number of aliphatic carboxylic acids is 1. The van der Waals surface area contributed by atoms with Gasteiger partial charge in [0.25, 0.3) is 0 Å². The van der Waals surface area contributed by atoms with Gasteiger partial charge in [0.15, 0.2) is 0 Å². The minimum Gasteiger partial charge on any atom is -0.493 e. The molecule has 1 atom stereocenters. The van der Waals surface area contributed by atoms with E-state index in [-0.39, 0.29) is 47.7 Å². The molecule has 0 spiro atoms. The van der Waals surface area contributed by atoms with Crippen LogP contribution in [0.1, 0.15) is 57.1 Å². The molecule has 1 aliphatic rings. The Labute approximate surface area is 223 Å². The summed E-state index contributed by atoms with van der Waals surface area (Å²) in [7, 11) is -3.71. The predicted molar refractivity (Wildman–Crippen MR) is 134 cm³/mol. The van der Waals surface area contributed by atoms with Gasteiger partial charge in [-0.2, -0.15) is 12.8 Å². The van der Waals surface area contributed by atoms with Gasteiger partial charge in [-0.3, -0.25) is 4.79 Å². The first-order chi connectivity index (χ1) is 16.3. The van der Waals surface area contributed by atoms with Crippen LogP contribution in [0, 0.1) is 20.3 Å². The van der Waals surface area contributed by atoms with Gasteiger partial charge in [0.05, 0.1) is 22.8 Å². The molecule has 1 N–H and O–H groups in total. The number of hydrogen-bond acceptors (Lipinski definition) is 5. The number of ether oxygens (including phenoxy) is 1. The fraction of sp³-hybridized carbons (Fsp3) is 0.407. The van der Waals surface area contributed by atoms with E-state index < -0.39 is 15.8 Å². The second-order valence-corrected chi connectivity index (χ2v) is 10.1. The average molecular weight is 494 g/mol. The third-order valence-corrected chi connectivity index (χ3v) is 7.58. The Morgan fingerprint density at radius 1 is 1.06 bits per heavy atom. The molecular weight excluding hydrogens is 457 g/mol. The van der Waals surface area contributed by atoms with Crippen molar-refractivity contribution in [2.24, 2.45) is 0 Å². The van der Waals surface area contributed by atoms with Crippen LogP contribution in [0.25, 0.3) is 0 Å². The van der Waals surface area contributed by atoms with Gasteiger partial charge < -0.3 is 35.0 Å². The molecule has 0 saturated heterocycles. The van der Waals surface area contributed by atoms with Crippen LogP contribution >= 0.6 is 0 Å². The summed E-state index contributed by atoms with van der Waals surface area (Å²) in [5.74, 6) is -0.663. The van der Waals surface area contributed by atoms with Crippen LogP contribution in [-0.4, -0.2) is 44.1 Å². The molecule has 1 aliphatic carbocycles. The number of carboxylic acid groups (broad SMARTS) is 1. The van der Waals surface area contributed by atoms with Gasteiger partial charge in [0.2, 0.25) is 9.84 Å². The van der Waals surface area contributed by atoms with Crippen molar-refractivity contribution in [2.45, 2.75) is 61.3 Å². The van der Waals surface area contributed by atoms with Gasteiger partial charge in [0.1, 0.15) is 5.75 Å². The SMILES string of the molecule is [CH-]1CCCCC1.[CH2-]CN(C[CH2-])[C@@H](C)c1ccc(S(=O)(=O)c2cccc(OCCC(=O)O)c2)cc1.[Li+]. The number of hydrogen-bond donors (Lipinski definition) is 1. The normalized spacial score (nSPS) is 14.3. The van der Waals surface area contributed by atoms with E-state index in [4.69, 9.17) is 9.84 Å². The molecule has 3 rings (SSSR count). The summed E-state index contributed by atoms with van der Waals surface area (Å²) < 4.78 is 31.2. The smallest absolute Gasteiger partial charge is 0.493 e. The van der Waals surface area contributed by atoms with E-state index in [1.165, 1.54) is 44.2 Å². The Morgan fingerprint density at radius 3 is 2.17 bits per heavy atom. The Kier molecular flexibility index (Phi) is 14.3. The van der Waals surface area contributed by atoms with Crippen LogP contribution in [-0.2, 0) is 14.6 Å². The summed E-state index contributed by atoms with van der Waals surface area (Å²) >= 11 is 0. The minimum atomic E-state index is -3.71. The van der Waals surface area contributed by atoms with Crippen molar-refractivity contribution in [1.29, 1.82) is 0 Å². The van der Waals surface area contributed by atoms with E-state index >= 15 is 0 Å². The number of nitrogens with zero attached hydrogens (tertiary/aromatic N) is 1. The molecule has 0 bridgehead atoms. The number of sulfone groups is 1. The van der Waals surface area contributed by atoms with Gasteiger partial charge in [-0.15, -0.1) is 13.1 Å². The Bertz CT molecular complexity index is 975. The number of carbonyl (C=O) groups is 1. The topological polar surface area (TPSA) is 83.9 Å². The molecule has 1 fully saturated rings. The quantitative estimate of drug-likeness (QED) is 0.405. The molecule has 0 heterocycles. The monoisotopic (exact) mass is 493 g/mol. The third kappa shape index (κ3) is 10.0. The maximum absolute atomic E-state index is 12.9. The fourth-order valence-electron chi connectivity index (χ4n) is 3.66. The van der Waals surface area contributed by atoms with Crippen molar-refractivity contribution >= 4 is 15.8 Å². The van der Waals surface area contributed by atoms with Crippen LogP contribution in [0.2, 0.25) is 0 Å². The minimum absolute atomic E-state index is 0. The first-order valence-corrected chi connectivity index (χ1v) is 13.2. The maximum Gasteiger partial charge on any atom is 1.00 e. The van der Waals surface area contributed by atoms with E-state index in [9.17, 15) is 13.2 Å². The van der Waals surface area contributed by atoms with Gasteiger partial charge in [-0.1, -0.05) is 37.5 Å². The zero-order chi connectivity index (χ0) is 25.0. The van der Waals surface area contributed by atoms with Crippen molar-refractivity contribution in [3.05, 3.63) is 74.4 Å². The summed E-state index contributed by atoms with van der Waals surface area (Å²) in [6.45, 7) is 11.0. The fourth-order valence-corrected chi connectivity index (χ4v) is 4.95. The average Bonchev–Trinajstić information content (AvgIpc) is 2.86. The summed E-state index contributed by atoms with van der Waals surface area (Å²) in [6.07, 6.45) is 9.34. The molecule has 6 nitrogen and oxygen atoms in total. The molecule has 0 aromatic heterocycles. The molecule has 0 aliphatic heterocycles. The standard InChI is InChI=1S/C21H25NO5S.C6H11.Li/c1-4-22(5-2)16(3)17-9-11-19(12-10-17)28(25,26)20-8-6-7-18(15-20)27-14-13-21(23)24;1-2-4-6-5-3-1;/h6-12,15-16H,1-2,4-5,13-14H2,3H3,(H,23,24);1H,2-6H2;/q-2;-1;+1/t16-;;/m0../s1. The molecule has 0 unspecified atom stereocenters. The molecule has 8 heteroatoms.